The van der Waals surface area contributed by atoms with Crippen molar-refractivity contribution in [3.63, 3.8) is 0 Å². The van der Waals surface area contributed by atoms with E-state index in [9.17, 15) is 4.79 Å². The number of fused-ring (bicyclic) bond motifs is 1. The zero-order chi connectivity index (χ0) is 14.8. The Morgan fingerprint density at radius 3 is 2.90 bits per heavy atom. The van der Waals surface area contributed by atoms with Crippen molar-refractivity contribution in [2.24, 2.45) is 0 Å². The Morgan fingerprint density at radius 2 is 2.10 bits per heavy atom. The number of carbonyl (C=O) groups excluding carboxylic acids is 1. The second-order valence-corrected chi connectivity index (χ2v) is 4.66. The summed E-state index contributed by atoms with van der Waals surface area (Å²) in [7, 11) is 1.54. The molecule has 4 N–H and O–H groups in total. The van der Waals surface area contributed by atoms with Crippen molar-refractivity contribution in [2.45, 2.75) is 0 Å². The van der Waals surface area contributed by atoms with E-state index in [1.807, 2.05) is 24.4 Å². The van der Waals surface area contributed by atoms with Crippen LogP contribution < -0.4 is 15.8 Å². The van der Waals surface area contributed by atoms with Crippen LogP contribution in [0.15, 0.2) is 48.7 Å². The number of nitrogens with two attached hydrogens (primary N) is 1. The number of H-pyrrole nitrogens is 1. The number of hydrogen-bond donors (Lipinski definition) is 3. The molecule has 0 spiro atoms. The van der Waals surface area contributed by atoms with Gasteiger partial charge in [0.1, 0.15) is 5.75 Å². The van der Waals surface area contributed by atoms with Crippen molar-refractivity contribution in [3.8, 4) is 5.75 Å². The Hall–Kier alpha value is -2.95. The molecule has 0 bridgehead atoms. The fourth-order valence-electron chi connectivity index (χ4n) is 2.27. The first-order valence-electron chi connectivity index (χ1n) is 6.50. The van der Waals surface area contributed by atoms with E-state index >= 15 is 0 Å². The molecule has 5 heteroatoms. The van der Waals surface area contributed by atoms with Crippen molar-refractivity contribution in [1.82, 2.24) is 4.98 Å². The quantitative estimate of drug-likeness (QED) is 0.645. The molecule has 0 aliphatic carbocycles. The zero-order valence-electron chi connectivity index (χ0n) is 11.5. The van der Waals surface area contributed by atoms with Gasteiger partial charge in [-0.15, -0.1) is 0 Å². The highest BCUT2D eigenvalue weighted by Gasteiger charge is 2.11. The number of anilines is 2. The van der Waals surface area contributed by atoms with Crippen LogP contribution in [0.2, 0.25) is 0 Å². The van der Waals surface area contributed by atoms with Gasteiger partial charge in [0.05, 0.1) is 12.8 Å². The maximum Gasteiger partial charge on any atom is 0.256 e. The van der Waals surface area contributed by atoms with Crippen LogP contribution in [0.4, 0.5) is 11.4 Å². The van der Waals surface area contributed by atoms with E-state index in [2.05, 4.69) is 10.3 Å². The minimum atomic E-state index is -0.174. The van der Waals surface area contributed by atoms with Crippen LogP contribution >= 0.6 is 0 Å². The standard InChI is InChI=1S/C16H15N3O2/c1-21-15-9-10(5-6-13(15)17)19-16(20)12-3-2-4-14-11(12)7-8-18-14/h2-9,18H,17H2,1H3,(H,19,20). The predicted octanol–water partition coefficient (Wildman–Crippen LogP) is 3.01. The van der Waals surface area contributed by atoms with E-state index in [4.69, 9.17) is 10.5 Å². The summed E-state index contributed by atoms with van der Waals surface area (Å²) in [6, 6.07) is 12.6. The smallest absolute Gasteiger partial charge is 0.256 e. The number of nitrogens with one attached hydrogen (secondary N) is 2. The normalized spacial score (nSPS) is 10.5. The first kappa shape index (κ1) is 13.1. The Bertz CT molecular complexity index is 808. The lowest BCUT2D eigenvalue weighted by Gasteiger charge is -2.09. The van der Waals surface area contributed by atoms with Crippen LogP contribution in [0.25, 0.3) is 10.9 Å². The Kier molecular flexibility index (Phi) is 3.23. The van der Waals surface area contributed by atoms with Gasteiger partial charge in [-0.1, -0.05) is 6.07 Å². The number of aromatic nitrogens is 1. The van der Waals surface area contributed by atoms with Crippen molar-refractivity contribution in [2.75, 3.05) is 18.2 Å². The SMILES string of the molecule is COc1cc(NC(=O)c2cccc3[nH]ccc23)ccc1N. The third kappa shape index (κ3) is 2.41. The Labute approximate surface area is 121 Å². The Balaban J connectivity index is 1.91. The topological polar surface area (TPSA) is 80.1 Å². The van der Waals surface area contributed by atoms with Crippen LogP contribution in [-0.2, 0) is 0 Å². The van der Waals surface area contributed by atoms with Crippen LogP contribution in [0.1, 0.15) is 10.4 Å². The minimum absolute atomic E-state index is 0.174. The molecule has 1 amide bonds. The molecule has 106 valence electrons. The van der Waals surface area contributed by atoms with Gasteiger partial charge >= 0.3 is 0 Å². The lowest BCUT2D eigenvalue weighted by Crippen LogP contribution is -2.12. The van der Waals surface area contributed by atoms with Gasteiger partial charge in [0.25, 0.3) is 5.91 Å². The van der Waals surface area contributed by atoms with E-state index in [-0.39, 0.29) is 5.91 Å². The summed E-state index contributed by atoms with van der Waals surface area (Å²) in [5.41, 5.74) is 8.47. The van der Waals surface area contributed by atoms with Crippen molar-refractivity contribution in [3.05, 3.63) is 54.2 Å². The third-order valence-corrected chi connectivity index (χ3v) is 3.33. The largest absolute Gasteiger partial charge is 0.495 e. The maximum absolute atomic E-state index is 12.4. The molecule has 0 radical (unpaired) electrons. The van der Waals surface area contributed by atoms with Crippen molar-refractivity contribution in [1.29, 1.82) is 0 Å². The number of rotatable bonds is 3. The van der Waals surface area contributed by atoms with Gasteiger partial charge in [-0.25, -0.2) is 0 Å². The average Bonchev–Trinajstić information content (AvgIpc) is 2.97. The summed E-state index contributed by atoms with van der Waals surface area (Å²) in [5, 5.41) is 3.74. The maximum atomic E-state index is 12.4. The molecule has 0 saturated carbocycles. The Morgan fingerprint density at radius 1 is 1.24 bits per heavy atom. The molecule has 0 unspecified atom stereocenters. The highest BCUT2D eigenvalue weighted by molar-refractivity contribution is 6.12. The van der Waals surface area contributed by atoms with Crippen LogP contribution in [-0.4, -0.2) is 18.0 Å². The van der Waals surface area contributed by atoms with Crippen LogP contribution in [0.5, 0.6) is 5.75 Å². The van der Waals surface area contributed by atoms with Gasteiger partial charge in [-0.3, -0.25) is 4.79 Å². The van der Waals surface area contributed by atoms with Crippen molar-refractivity contribution < 1.29 is 9.53 Å². The number of hydrogen-bond acceptors (Lipinski definition) is 3. The number of aromatic amines is 1. The molecule has 0 saturated heterocycles. The van der Waals surface area contributed by atoms with E-state index in [1.165, 1.54) is 7.11 Å². The first-order valence-corrected chi connectivity index (χ1v) is 6.50. The van der Waals surface area contributed by atoms with Crippen LogP contribution in [0, 0.1) is 0 Å². The summed E-state index contributed by atoms with van der Waals surface area (Å²) in [5.74, 6) is 0.361. The molecule has 0 aliphatic heterocycles. The molecule has 1 heterocycles. The fraction of sp³-hybridized carbons (Fsp3) is 0.0625. The van der Waals surface area contributed by atoms with Crippen LogP contribution in [0.3, 0.4) is 0 Å². The first-order chi connectivity index (χ1) is 10.2. The molecule has 5 nitrogen and oxygen atoms in total. The summed E-state index contributed by atoms with van der Waals surface area (Å²) >= 11 is 0. The summed E-state index contributed by atoms with van der Waals surface area (Å²) in [4.78, 5) is 15.5. The lowest BCUT2D eigenvalue weighted by molar-refractivity contribution is 0.102. The number of nitrogen functional groups attached to an aromatic ring is 1. The van der Waals surface area contributed by atoms with Gasteiger partial charge in [0.2, 0.25) is 0 Å². The molecular formula is C16H15N3O2. The number of ether oxygens (including phenoxy) is 1. The predicted molar refractivity (Wildman–Crippen MR) is 83.7 cm³/mol. The number of methoxy groups -OCH3 is 1. The van der Waals surface area contributed by atoms with E-state index < -0.39 is 0 Å². The lowest BCUT2D eigenvalue weighted by atomic mass is 10.1. The van der Waals surface area contributed by atoms with E-state index in [0.29, 0.717) is 22.7 Å². The molecule has 3 aromatic rings. The van der Waals surface area contributed by atoms with Gasteiger partial charge in [-0.2, -0.15) is 0 Å². The monoisotopic (exact) mass is 281 g/mol. The molecule has 0 atom stereocenters. The highest BCUT2D eigenvalue weighted by Crippen LogP contribution is 2.26. The minimum Gasteiger partial charge on any atom is -0.495 e. The number of benzene rings is 2. The third-order valence-electron chi connectivity index (χ3n) is 3.33. The number of amides is 1. The summed E-state index contributed by atoms with van der Waals surface area (Å²) in [6.07, 6.45) is 1.81. The van der Waals surface area contributed by atoms with E-state index in [0.717, 1.165) is 10.9 Å². The summed E-state index contributed by atoms with van der Waals surface area (Å²) in [6.45, 7) is 0. The number of carbonyl (C=O) groups is 1. The summed E-state index contributed by atoms with van der Waals surface area (Å²) < 4.78 is 5.15. The molecular weight excluding hydrogens is 266 g/mol. The second kappa shape index (κ2) is 5.20. The van der Waals surface area contributed by atoms with Gasteiger partial charge in [-0.05, 0) is 30.3 Å². The average molecular weight is 281 g/mol. The highest BCUT2D eigenvalue weighted by atomic mass is 16.5. The molecule has 0 fully saturated rings. The second-order valence-electron chi connectivity index (χ2n) is 4.66. The molecule has 21 heavy (non-hydrogen) atoms. The molecule has 2 aromatic carbocycles. The molecule has 0 aliphatic rings. The van der Waals surface area contributed by atoms with Gasteiger partial charge in [0.15, 0.2) is 0 Å². The molecule has 1 aromatic heterocycles. The van der Waals surface area contributed by atoms with Crippen molar-refractivity contribution >= 4 is 28.2 Å². The molecule has 3 rings (SSSR count). The zero-order valence-corrected chi connectivity index (χ0v) is 11.5. The van der Waals surface area contributed by atoms with Gasteiger partial charge in [0, 0.05) is 34.4 Å². The fourth-order valence-corrected chi connectivity index (χ4v) is 2.27. The van der Waals surface area contributed by atoms with E-state index in [1.54, 1.807) is 24.3 Å². The van der Waals surface area contributed by atoms with Gasteiger partial charge < -0.3 is 20.8 Å².